The van der Waals surface area contributed by atoms with Crippen LogP contribution in [0.3, 0.4) is 0 Å². The van der Waals surface area contributed by atoms with E-state index >= 15 is 0 Å². The summed E-state index contributed by atoms with van der Waals surface area (Å²) in [4.78, 5) is 0.503. The molecule has 0 fully saturated rings. The average molecular weight is 306 g/mol. The second kappa shape index (κ2) is 5.77. The van der Waals surface area contributed by atoms with Crippen molar-refractivity contribution in [3.8, 4) is 11.5 Å². The third-order valence-corrected chi connectivity index (χ3v) is 5.16. The molecule has 0 radical (unpaired) electrons. The monoisotopic (exact) mass is 306 g/mol. The van der Waals surface area contributed by atoms with Crippen molar-refractivity contribution >= 4 is 9.84 Å². The highest BCUT2D eigenvalue weighted by atomic mass is 32.2. The normalized spacial score (nSPS) is 11.2. The highest BCUT2D eigenvalue weighted by Gasteiger charge is 2.22. The average Bonchev–Trinajstić information content (AvgIpc) is 2.46. The lowest BCUT2D eigenvalue weighted by atomic mass is 10.2. The molecule has 0 N–H and O–H groups in total. The summed E-state index contributed by atoms with van der Waals surface area (Å²) >= 11 is 0. The Morgan fingerprint density at radius 3 is 2.10 bits per heavy atom. The minimum atomic E-state index is -3.59. The number of aryl methyl sites for hydroxylation is 2. The summed E-state index contributed by atoms with van der Waals surface area (Å²) < 4.78 is 35.9. The minimum Gasteiger partial charge on any atom is -0.493 e. The van der Waals surface area contributed by atoms with Crippen molar-refractivity contribution in [2.45, 2.75) is 23.6 Å². The van der Waals surface area contributed by atoms with E-state index in [9.17, 15) is 8.42 Å². The predicted molar refractivity (Wildman–Crippen MR) is 80.9 cm³/mol. The van der Waals surface area contributed by atoms with Gasteiger partial charge in [-0.25, -0.2) is 8.42 Å². The first-order valence-corrected chi connectivity index (χ1v) is 7.93. The second-order valence-corrected chi connectivity index (χ2v) is 6.71. The van der Waals surface area contributed by atoms with E-state index in [1.54, 1.807) is 31.2 Å². The van der Waals surface area contributed by atoms with Gasteiger partial charge in [0.2, 0.25) is 9.84 Å². The van der Waals surface area contributed by atoms with Crippen LogP contribution < -0.4 is 9.47 Å². The summed E-state index contributed by atoms with van der Waals surface area (Å²) in [6.07, 6.45) is 0. The molecule has 5 heteroatoms. The lowest BCUT2D eigenvalue weighted by Crippen LogP contribution is -2.05. The molecule has 0 spiro atoms. The Hall–Kier alpha value is -2.01. The van der Waals surface area contributed by atoms with Crippen LogP contribution >= 0.6 is 0 Å². The maximum atomic E-state index is 12.8. The Bertz CT molecular complexity index is 764. The summed E-state index contributed by atoms with van der Waals surface area (Å²) in [6.45, 7) is 3.60. The molecular formula is C16H18O4S. The molecule has 0 unspecified atom stereocenters. The van der Waals surface area contributed by atoms with Gasteiger partial charge in [0.15, 0.2) is 11.5 Å². The summed E-state index contributed by atoms with van der Waals surface area (Å²) in [7, 11) is -0.583. The number of methoxy groups -OCH3 is 2. The van der Waals surface area contributed by atoms with Crippen LogP contribution in [-0.2, 0) is 9.84 Å². The van der Waals surface area contributed by atoms with Gasteiger partial charge in [-0.3, -0.25) is 0 Å². The van der Waals surface area contributed by atoms with Gasteiger partial charge < -0.3 is 9.47 Å². The van der Waals surface area contributed by atoms with Crippen LogP contribution in [0.15, 0.2) is 46.2 Å². The molecular weight excluding hydrogens is 288 g/mol. The van der Waals surface area contributed by atoms with Gasteiger partial charge in [0, 0.05) is 6.07 Å². The van der Waals surface area contributed by atoms with E-state index in [1.165, 1.54) is 20.3 Å². The molecule has 0 atom stereocenters. The van der Waals surface area contributed by atoms with E-state index in [1.807, 2.05) is 13.0 Å². The molecule has 0 heterocycles. The van der Waals surface area contributed by atoms with Crippen LogP contribution in [0.4, 0.5) is 0 Å². The minimum absolute atomic E-state index is 0.228. The van der Waals surface area contributed by atoms with Crippen LogP contribution in [-0.4, -0.2) is 22.6 Å². The summed E-state index contributed by atoms with van der Waals surface area (Å²) in [5.74, 6) is 0.910. The Morgan fingerprint density at radius 2 is 1.52 bits per heavy atom. The molecule has 0 aromatic heterocycles. The molecule has 4 nitrogen and oxygen atoms in total. The van der Waals surface area contributed by atoms with Crippen LogP contribution in [0.2, 0.25) is 0 Å². The van der Waals surface area contributed by atoms with Gasteiger partial charge in [-0.05, 0) is 43.2 Å². The second-order valence-electron chi connectivity index (χ2n) is 4.79. The molecule has 2 aromatic rings. The zero-order chi connectivity index (χ0) is 15.6. The standard InChI is InChI=1S/C16H18O4S/c1-11-6-5-7-13(8-11)21(17,18)16-10-15(20-4)14(19-3)9-12(16)2/h5-10H,1-4H3. The van der Waals surface area contributed by atoms with Gasteiger partial charge in [0.1, 0.15) is 0 Å². The van der Waals surface area contributed by atoms with Crippen LogP contribution in [0.5, 0.6) is 11.5 Å². The predicted octanol–water partition coefficient (Wildman–Crippen LogP) is 3.15. The Morgan fingerprint density at radius 1 is 0.905 bits per heavy atom. The topological polar surface area (TPSA) is 52.6 Å². The van der Waals surface area contributed by atoms with E-state index < -0.39 is 9.84 Å². The summed E-state index contributed by atoms with van der Waals surface area (Å²) in [6, 6.07) is 10.0. The van der Waals surface area contributed by atoms with Crippen molar-refractivity contribution in [2.24, 2.45) is 0 Å². The van der Waals surface area contributed by atoms with E-state index in [4.69, 9.17) is 9.47 Å². The van der Waals surface area contributed by atoms with Crippen LogP contribution in [0.1, 0.15) is 11.1 Å². The van der Waals surface area contributed by atoms with Gasteiger partial charge in [-0.15, -0.1) is 0 Å². The fourth-order valence-electron chi connectivity index (χ4n) is 2.16. The summed E-state index contributed by atoms with van der Waals surface area (Å²) in [5.41, 5.74) is 1.52. The molecule has 112 valence electrons. The molecule has 0 bridgehead atoms. The molecule has 0 saturated carbocycles. The SMILES string of the molecule is COc1cc(C)c(S(=O)(=O)c2cccc(C)c2)cc1OC. The quantitative estimate of drug-likeness (QED) is 0.870. The van der Waals surface area contributed by atoms with Crippen molar-refractivity contribution < 1.29 is 17.9 Å². The molecule has 0 aliphatic heterocycles. The van der Waals surface area contributed by atoms with Crippen molar-refractivity contribution in [3.63, 3.8) is 0 Å². The third-order valence-electron chi connectivity index (χ3n) is 3.27. The number of hydrogen-bond acceptors (Lipinski definition) is 4. The maximum absolute atomic E-state index is 12.8. The van der Waals surface area contributed by atoms with Gasteiger partial charge >= 0.3 is 0 Å². The third kappa shape index (κ3) is 2.88. The van der Waals surface area contributed by atoms with Crippen molar-refractivity contribution in [1.29, 1.82) is 0 Å². The summed E-state index contributed by atoms with van der Waals surface area (Å²) in [5, 5.41) is 0. The Labute approximate surface area is 125 Å². The van der Waals surface area contributed by atoms with Crippen LogP contribution in [0.25, 0.3) is 0 Å². The first-order chi connectivity index (χ1) is 9.90. The van der Waals surface area contributed by atoms with Gasteiger partial charge in [0.05, 0.1) is 24.0 Å². The van der Waals surface area contributed by atoms with E-state index in [0.29, 0.717) is 17.1 Å². The number of benzene rings is 2. The van der Waals surface area contributed by atoms with Crippen molar-refractivity contribution in [2.75, 3.05) is 14.2 Å². The number of rotatable bonds is 4. The number of hydrogen-bond donors (Lipinski definition) is 0. The largest absolute Gasteiger partial charge is 0.493 e. The van der Waals surface area contributed by atoms with E-state index in [-0.39, 0.29) is 9.79 Å². The first kappa shape index (κ1) is 15.4. The smallest absolute Gasteiger partial charge is 0.207 e. The fraction of sp³-hybridized carbons (Fsp3) is 0.250. The van der Waals surface area contributed by atoms with Crippen LogP contribution in [0, 0.1) is 13.8 Å². The molecule has 2 aromatic carbocycles. The van der Waals surface area contributed by atoms with Gasteiger partial charge in [0.25, 0.3) is 0 Å². The Balaban J connectivity index is 2.65. The molecule has 2 rings (SSSR count). The van der Waals surface area contributed by atoms with E-state index in [0.717, 1.165) is 5.56 Å². The molecule has 0 amide bonds. The Kier molecular flexibility index (Phi) is 4.23. The zero-order valence-corrected chi connectivity index (χ0v) is 13.3. The fourth-order valence-corrected chi connectivity index (χ4v) is 3.76. The first-order valence-electron chi connectivity index (χ1n) is 6.44. The molecule has 0 aliphatic rings. The molecule has 21 heavy (non-hydrogen) atoms. The highest BCUT2D eigenvalue weighted by Crippen LogP contribution is 2.34. The van der Waals surface area contributed by atoms with E-state index in [2.05, 4.69) is 0 Å². The lowest BCUT2D eigenvalue weighted by molar-refractivity contribution is 0.353. The van der Waals surface area contributed by atoms with Gasteiger partial charge in [-0.1, -0.05) is 12.1 Å². The number of ether oxygens (including phenoxy) is 2. The van der Waals surface area contributed by atoms with Crippen molar-refractivity contribution in [3.05, 3.63) is 47.5 Å². The molecule has 0 aliphatic carbocycles. The van der Waals surface area contributed by atoms with Gasteiger partial charge in [-0.2, -0.15) is 0 Å². The zero-order valence-electron chi connectivity index (χ0n) is 12.5. The van der Waals surface area contributed by atoms with Crippen molar-refractivity contribution in [1.82, 2.24) is 0 Å². The number of sulfone groups is 1. The molecule has 0 saturated heterocycles. The maximum Gasteiger partial charge on any atom is 0.207 e. The lowest BCUT2D eigenvalue weighted by Gasteiger charge is -2.13. The highest BCUT2D eigenvalue weighted by molar-refractivity contribution is 7.91.